The molecule has 0 atom stereocenters. The summed E-state index contributed by atoms with van der Waals surface area (Å²) in [6, 6.07) is 5.53. The van der Waals surface area contributed by atoms with E-state index < -0.39 is 5.91 Å². The number of nitroso groups, excluding NO2 is 1. The number of ether oxygens (including phenoxy) is 1. The van der Waals surface area contributed by atoms with E-state index in [2.05, 4.69) is 10.5 Å². The Morgan fingerprint density at radius 2 is 2.31 bits per heavy atom. The van der Waals surface area contributed by atoms with Gasteiger partial charge in [0.05, 0.1) is 7.11 Å². The fraction of sp³-hybridized carbons (Fsp3) is 0.182. The van der Waals surface area contributed by atoms with Crippen molar-refractivity contribution in [3.8, 4) is 5.75 Å². The fourth-order valence-electron chi connectivity index (χ4n) is 1.67. The third-order valence-corrected chi connectivity index (χ3v) is 2.46. The van der Waals surface area contributed by atoms with Gasteiger partial charge in [-0.25, -0.2) is 0 Å². The molecule has 1 N–H and O–H groups in total. The Bertz CT molecular complexity index is 480. The lowest BCUT2D eigenvalue weighted by Crippen LogP contribution is -2.22. The van der Waals surface area contributed by atoms with Gasteiger partial charge in [0.15, 0.2) is 0 Å². The van der Waals surface area contributed by atoms with Crippen LogP contribution in [0, 0.1) is 4.91 Å². The summed E-state index contributed by atoms with van der Waals surface area (Å²) in [6.07, 6.45) is 1.60. The second-order valence-corrected chi connectivity index (χ2v) is 3.34. The number of hydrogen-bond donors (Lipinski definition) is 1. The van der Waals surface area contributed by atoms with Crippen molar-refractivity contribution >= 4 is 12.0 Å². The molecule has 1 aromatic rings. The van der Waals surface area contributed by atoms with Crippen molar-refractivity contribution in [1.29, 1.82) is 0 Å². The van der Waals surface area contributed by atoms with Crippen LogP contribution < -0.4 is 10.1 Å². The van der Waals surface area contributed by atoms with Gasteiger partial charge in [-0.15, -0.1) is 4.91 Å². The van der Waals surface area contributed by atoms with E-state index in [-0.39, 0.29) is 5.70 Å². The number of amides is 1. The zero-order valence-corrected chi connectivity index (χ0v) is 8.69. The van der Waals surface area contributed by atoms with E-state index in [1.54, 1.807) is 13.2 Å². The van der Waals surface area contributed by atoms with Crippen molar-refractivity contribution < 1.29 is 9.53 Å². The highest BCUT2D eigenvalue weighted by molar-refractivity contribution is 5.98. The smallest absolute Gasteiger partial charge is 0.332 e. The lowest BCUT2D eigenvalue weighted by Gasteiger charge is -2.18. The average Bonchev–Trinajstić information content (AvgIpc) is 2.36. The molecule has 1 aliphatic heterocycles. The molecule has 2 rings (SSSR count). The molecule has 0 radical (unpaired) electrons. The van der Waals surface area contributed by atoms with Gasteiger partial charge in [-0.2, -0.15) is 0 Å². The van der Waals surface area contributed by atoms with Crippen molar-refractivity contribution in [3.63, 3.8) is 0 Å². The van der Waals surface area contributed by atoms with Gasteiger partial charge in [0.1, 0.15) is 11.4 Å². The maximum atomic E-state index is 11.1. The van der Waals surface area contributed by atoms with Crippen molar-refractivity contribution in [3.05, 3.63) is 39.9 Å². The Labute approximate surface area is 92.1 Å². The van der Waals surface area contributed by atoms with Crippen molar-refractivity contribution in [2.45, 2.75) is 6.54 Å². The van der Waals surface area contributed by atoms with Crippen molar-refractivity contribution in [2.75, 3.05) is 7.11 Å². The van der Waals surface area contributed by atoms with Crippen LogP contribution in [0.15, 0.2) is 29.1 Å². The number of carbonyl (C=O) groups excluding carboxylic acids is 1. The normalized spacial score (nSPS) is 13.2. The van der Waals surface area contributed by atoms with E-state index in [0.717, 1.165) is 16.9 Å². The van der Waals surface area contributed by atoms with Crippen LogP contribution in [0.3, 0.4) is 0 Å². The van der Waals surface area contributed by atoms with Crippen molar-refractivity contribution in [1.82, 2.24) is 5.32 Å². The Kier molecular flexibility index (Phi) is 2.68. The van der Waals surface area contributed by atoms with Crippen LogP contribution in [0.5, 0.6) is 5.75 Å². The molecule has 0 spiro atoms. The summed E-state index contributed by atoms with van der Waals surface area (Å²) in [4.78, 5) is 21.2. The third kappa shape index (κ3) is 1.67. The van der Waals surface area contributed by atoms with Crippen LogP contribution in [-0.4, -0.2) is 13.0 Å². The molecule has 0 unspecified atom stereocenters. The quantitative estimate of drug-likeness (QED) is 0.762. The maximum Gasteiger partial charge on any atom is 0.332 e. The molecule has 0 bridgehead atoms. The minimum absolute atomic E-state index is 0.218. The molecular weight excluding hydrogens is 208 g/mol. The molecule has 0 fully saturated rings. The Hall–Kier alpha value is -2.17. The minimum Gasteiger partial charge on any atom is -0.496 e. The highest BCUT2D eigenvalue weighted by atomic mass is 16.5. The highest BCUT2D eigenvalue weighted by Crippen LogP contribution is 2.26. The van der Waals surface area contributed by atoms with Crippen LogP contribution in [0.1, 0.15) is 11.1 Å². The largest absolute Gasteiger partial charge is 0.496 e. The molecule has 0 aromatic heterocycles. The maximum absolute atomic E-state index is 11.1. The van der Waals surface area contributed by atoms with Crippen LogP contribution in [0.25, 0.3) is 6.08 Å². The lowest BCUT2D eigenvalue weighted by atomic mass is 10.0. The van der Waals surface area contributed by atoms with Crippen LogP contribution in [0.2, 0.25) is 0 Å². The SMILES string of the molecule is COc1cccc2c1CNC(C(=O)N=O)=C2. The first-order valence-corrected chi connectivity index (χ1v) is 4.75. The highest BCUT2D eigenvalue weighted by Gasteiger charge is 2.18. The first-order chi connectivity index (χ1) is 7.76. The monoisotopic (exact) mass is 218 g/mol. The fourth-order valence-corrected chi connectivity index (χ4v) is 1.67. The number of methoxy groups -OCH3 is 1. The van der Waals surface area contributed by atoms with E-state index in [1.165, 1.54) is 0 Å². The number of nitrogens with one attached hydrogen (secondary N) is 1. The lowest BCUT2D eigenvalue weighted by molar-refractivity contribution is -0.114. The molecule has 1 aliphatic rings. The topological polar surface area (TPSA) is 67.8 Å². The number of hydrogen-bond acceptors (Lipinski definition) is 4. The van der Waals surface area contributed by atoms with Gasteiger partial charge >= 0.3 is 5.91 Å². The van der Waals surface area contributed by atoms with Gasteiger partial charge in [0, 0.05) is 17.3 Å². The Morgan fingerprint density at radius 1 is 1.50 bits per heavy atom. The van der Waals surface area contributed by atoms with Gasteiger partial charge in [-0.3, -0.25) is 4.79 Å². The molecule has 0 aliphatic carbocycles. The molecular formula is C11H10N2O3. The van der Waals surface area contributed by atoms with Crippen LogP contribution >= 0.6 is 0 Å². The zero-order chi connectivity index (χ0) is 11.5. The summed E-state index contributed by atoms with van der Waals surface area (Å²) < 4.78 is 5.20. The summed E-state index contributed by atoms with van der Waals surface area (Å²) in [5.74, 6) is -0.0275. The van der Waals surface area contributed by atoms with Gasteiger partial charge < -0.3 is 10.1 Å². The second-order valence-electron chi connectivity index (χ2n) is 3.34. The zero-order valence-electron chi connectivity index (χ0n) is 8.69. The first-order valence-electron chi connectivity index (χ1n) is 4.75. The summed E-state index contributed by atoms with van der Waals surface area (Å²) in [6.45, 7) is 0.451. The number of rotatable bonds is 2. The second kappa shape index (κ2) is 4.14. The summed E-state index contributed by atoms with van der Waals surface area (Å²) in [7, 11) is 1.59. The summed E-state index contributed by atoms with van der Waals surface area (Å²) in [5.41, 5.74) is 2.05. The standard InChI is InChI=1S/C11H10N2O3/c1-16-10-4-2-3-7-5-9(11(14)13-15)12-6-8(7)10/h2-5,12H,6H2,1H3. The minimum atomic E-state index is -0.784. The number of benzene rings is 1. The Morgan fingerprint density at radius 3 is 3.00 bits per heavy atom. The van der Waals surface area contributed by atoms with E-state index in [0.29, 0.717) is 6.54 Å². The third-order valence-electron chi connectivity index (χ3n) is 2.46. The number of nitrogens with zero attached hydrogens (tertiary/aromatic N) is 1. The van der Waals surface area contributed by atoms with E-state index in [1.807, 2.05) is 18.2 Å². The number of fused-ring (bicyclic) bond motifs is 1. The van der Waals surface area contributed by atoms with Gasteiger partial charge in [-0.05, 0) is 17.7 Å². The molecule has 0 saturated heterocycles. The number of carbonyl (C=O) groups is 1. The van der Waals surface area contributed by atoms with Gasteiger partial charge in [0.25, 0.3) is 0 Å². The molecule has 5 nitrogen and oxygen atoms in total. The van der Waals surface area contributed by atoms with Gasteiger partial charge in [0.2, 0.25) is 0 Å². The molecule has 82 valence electrons. The average molecular weight is 218 g/mol. The van der Waals surface area contributed by atoms with Gasteiger partial charge in [-0.1, -0.05) is 12.1 Å². The predicted molar refractivity (Wildman–Crippen MR) is 58.6 cm³/mol. The Balaban J connectivity index is 2.45. The molecule has 0 saturated carbocycles. The molecule has 16 heavy (non-hydrogen) atoms. The van der Waals surface area contributed by atoms with E-state index in [9.17, 15) is 9.70 Å². The molecule has 1 amide bonds. The van der Waals surface area contributed by atoms with E-state index >= 15 is 0 Å². The first kappa shape index (κ1) is 10.4. The molecule has 1 aromatic carbocycles. The van der Waals surface area contributed by atoms with Crippen molar-refractivity contribution in [2.24, 2.45) is 5.18 Å². The summed E-state index contributed by atoms with van der Waals surface area (Å²) in [5, 5.41) is 5.22. The molecule has 1 heterocycles. The van der Waals surface area contributed by atoms with E-state index in [4.69, 9.17) is 4.74 Å². The summed E-state index contributed by atoms with van der Waals surface area (Å²) >= 11 is 0. The van der Waals surface area contributed by atoms with Crippen LogP contribution in [0.4, 0.5) is 0 Å². The predicted octanol–water partition coefficient (Wildman–Crippen LogP) is 1.43. The van der Waals surface area contributed by atoms with Crippen LogP contribution in [-0.2, 0) is 11.3 Å². The molecule has 5 heteroatoms.